The predicted octanol–water partition coefficient (Wildman–Crippen LogP) is 3.36. The fourth-order valence-electron chi connectivity index (χ4n) is 1.14. The fourth-order valence-corrected chi connectivity index (χ4v) is 1.73. The maximum absolute atomic E-state index is 11.8. The van der Waals surface area contributed by atoms with Crippen molar-refractivity contribution in [3.8, 4) is 0 Å². The molecule has 0 heterocycles. The molecule has 1 aromatic carbocycles. The van der Waals surface area contributed by atoms with E-state index in [4.69, 9.17) is 4.74 Å². The van der Waals surface area contributed by atoms with Crippen molar-refractivity contribution >= 4 is 17.7 Å². The molecule has 82 valence electrons. The fraction of sp³-hybridized carbons (Fsp3) is 0.417. The van der Waals surface area contributed by atoms with E-state index in [-0.39, 0.29) is 12.1 Å². The maximum atomic E-state index is 11.8. The molecular formula is C12H16O2S. The van der Waals surface area contributed by atoms with Crippen LogP contribution in [0.5, 0.6) is 0 Å². The first-order chi connectivity index (χ1) is 7.19. The van der Waals surface area contributed by atoms with Crippen LogP contribution in [0.25, 0.3) is 0 Å². The lowest BCUT2D eigenvalue weighted by Gasteiger charge is -2.12. The number of ether oxygens (including phenoxy) is 1. The van der Waals surface area contributed by atoms with Crippen molar-refractivity contribution in [1.29, 1.82) is 0 Å². The average Bonchev–Trinajstić information content (AvgIpc) is 2.28. The third-order valence-corrected chi connectivity index (χ3v) is 3.01. The molecule has 0 bridgehead atoms. The summed E-state index contributed by atoms with van der Waals surface area (Å²) in [6.07, 6.45) is 2.77. The van der Waals surface area contributed by atoms with Gasteiger partial charge in [-0.2, -0.15) is 0 Å². The van der Waals surface area contributed by atoms with Gasteiger partial charge in [-0.1, -0.05) is 19.1 Å². The summed E-state index contributed by atoms with van der Waals surface area (Å²) < 4.78 is 5.28. The van der Waals surface area contributed by atoms with E-state index in [0.29, 0.717) is 5.56 Å². The lowest BCUT2D eigenvalue weighted by atomic mass is 10.2. The lowest BCUT2D eigenvalue weighted by Crippen LogP contribution is -2.14. The molecule has 1 unspecified atom stereocenters. The number of benzene rings is 1. The van der Waals surface area contributed by atoms with E-state index >= 15 is 0 Å². The Balaban J connectivity index is 2.81. The zero-order chi connectivity index (χ0) is 11.3. The molecule has 2 nitrogen and oxygen atoms in total. The monoisotopic (exact) mass is 224 g/mol. The number of hydrogen-bond donors (Lipinski definition) is 0. The Morgan fingerprint density at radius 1 is 1.47 bits per heavy atom. The minimum absolute atomic E-state index is 0.0209. The second-order valence-electron chi connectivity index (χ2n) is 3.32. The quantitative estimate of drug-likeness (QED) is 0.579. The van der Waals surface area contributed by atoms with Crippen LogP contribution in [0.15, 0.2) is 29.2 Å². The highest BCUT2D eigenvalue weighted by Crippen LogP contribution is 2.21. The van der Waals surface area contributed by atoms with Crippen LogP contribution in [-0.2, 0) is 4.74 Å². The molecule has 0 spiro atoms. The summed E-state index contributed by atoms with van der Waals surface area (Å²) in [5.74, 6) is -0.227. The zero-order valence-electron chi connectivity index (χ0n) is 9.32. The largest absolute Gasteiger partial charge is 0.459 e. The van der Waals surface area contributed by atoms with Gasteiger partial charge in [0.2, 0.25) is 0 Å². The SMILES string of the molecule is CCC(C)OC(=O)c1ccccc1SC. The van der Waals surface area contributed by atoms with Crippen molar-refractivity contribution in [2.75, 3.05) is 6.26 Å². The number of thioether (sulfide) groups is 1. The van der Waals surface area contributed by atoms with Crippen LogP contribution in [0.3, 0.4) is 0 Å². The Hall–Kier alpha value is -0.960. The Kier molecular flexibility index (Phi) is 4.69. The highest BCUT2D eigenvalue weighted by molar-refractivity contribution is 7.98. The van der Waals surface area contributed by atoms with Crippen molar-refractivity contribution in [3.05, 3.63) is 29.8 Å². The van der Waals surface area contributed by atoms with Crippen molar-refractivity contribution in [1.82, 2.24) is 0 Å². The molecule has 1 aromatic rings. The van der Waals surface area contributed by atoms with Crippen LogP contribution >= 0.6 is 11.8 Å². The Bertz CT molecular complexity index is 336. The minimum Gasteiger partial charge on any atom is -0.459 e. The van der Waals surface area contributed by atoms with Gasteiger partial charge in [-0.15, -0.1) is 11.8 Å². The average molecular weight is 224 g/mol. The minimum atomic E-state index is -0.227. The summed E-state index contributed by atoms with van der Waals surface area (Å²) in [4.78, 5) is 12.7. The van der Waals surface area contributed by atoms with E-state index in [0.717, 1.165) is 11.3 Å². The normalized spacial score (nSPS) is 12.2. The van der Waals surface area contributed by atoms with Gasteiger partial charge in [0.15, 0.2) is 0 Å². The highest BCUT2D eigenvalue weighted by Gasteiger charge is 2.13. The first kappa shape index (κ1) is 12.1. The van der Waals surface area contributed by atoms with Crippen LogP contribution in [0.2, 0.25) is 0 Å². The molecule has 0 radical (unpaired) electrons. The molecule has 0 aliphatic rings. The van der Waals surface area contributed by atoms with E-state index < -0.39 is 0 Å². The number of carbonyl (C=O) groups excluding carboxylic acids is 1. The van der Waals surface area contributed by atoms with Crippen molar-refractivity contribution in [2.24, 2.45) is 0 Å². The van der Waals surface area contributed by atoms with E-state index in [1.165, 1.54) is 0 Å². The summed E-state index contributed by atoms with van der Waals surface area (Å²) in [6, 6.07) is 7.51. The third kappa shape index (κ3) is 3.27. The number of rotatable bonds is 4. The molecule has 0 fully saturated rings. The molecule has 0 aliphatic heterocycles. The smallest absolute Gasteiger partial charge is 0.339 e. The van der Waals surface area contributed by atoms with Gasteiger partial charge < -0.3 is 4.74 Å². The zero-order valence-corrected chi connectivity index (χ0v) is 10.1. The highest BCUT2D eigenvalue weighted by atomic mass is 32.2. The maximum Gasteiger partial charge on any atom is 0.339 e. The van der Waals surface area contributed by atoms with E-state index in [1.807, 2.05) is 38.3 Å². The van der Waals surface area contributed by atoms with Gasteiger partial charge in [-0.25, -0.2) is 4.79 Å². The molecule has 15 heavy (non-hydrogen) atoms. The molecule has 0 saturated carbocycles. The van der Waals surface area contributed by atoms with Gasteiger partial charge in [0.05, 0.1) is 11.7 Å². The molecule has 0 aromatic heterocycles. The van der Waals surface area contributed by atoms with Gasteiger partial charge in [-0.3, -0.25) is 0 Å². The number of hydrogen-bond acceptors (Lipinski definition) is 3. The van der Waals surface area contributed by atoms with Crippen LogP contribution in [0, 0.1) is 0 Å². The van der Waals surface area contributed by atoms with Crippen LogP contribution in [-0.4, -0.2) is 18.3 Å². The first-order valence-corrected chi connectivity index (χ1v) is 6.25. The van der Waals surface area contributed by atoms with E-state index in [9.17, 15) is 4.79 Å². The molecule has 0 saturated heterocycles. The molecule has 3 heteroatoms. The summed E-state index contributed by atoms with van der Waals surface area (Å²) in [5, 5.41) is 0. The Morgan fingerprint density at radius 3 is 2.73 bits per heavy atom. The third-order valence-electron chi connectivity index (χ3n) is 2.21. The summed E-state index contributed by atoms with van der Waals surface area (Å²) in [6.45, 7) is 3.90. The second-order valence-corrected chi connectivity index (χ2v) is 4.17. The standard InChI is InChI=1S/C12H16O2S/c1-4-9(2)14-12(13)10-7-5-6-8-11(10)15-3/h5-9H,4H2,1-3H3. The Labute approximate surface area is 95.0 Å². The van der Waals surface area contributed by atoms with Gasteiger partial charge >= 0.3 is 5.97 Å². The summed E-state index contributed by atoms with van der Waals surface area (Å²) in [5.41, 5.74) is 0.658. The summed E-state index contributed by atoms with van der Waals surface area (Å²) >= 11 is 1.56. The molecule has 1 rings (SSSR count). The van der Waals surface area contributed by atoms with Gasteiger partial charge in [0.25, 0.3) is 0 Å². The Morgan fingerprint density at radius 2 is 2.13 bits per heavy atom. The van der Waals surface area contributed by atoms with Gasteiger partial charge in [0.1, 0.15) is 0 Å². The molecule has 1 atom stereocenters. The first-order valence-electron chi connectivity index (χ1n) is 5.03. The van der Waals surface area contributed by atoms with E-state index in [2.05, 4.69) is 0 Å². The van der Waals surface area contributed by atoms with Gasteiger partial charge in [0, 0.05) is 4.90 Å². The van der Waals surface area contributed by atoms with Crippen LogP contribution in [0.1, 0.15) is 30.6 Å². The van der Waals surface area contributed by atoms with Crippen molar-refractivity contribution in [3.63, 3.8) is 0 Å². The van der Waals surface area contributed by atoms with Crippen LogP contribution in [0.4, 0.5) is 0 Å². The molecule has 0 amide bonds. The lowest BCUT2D eigenvalue weighted by molar-refractivity contribution is 0.0330. The van der Waals surface area contributed by atoms with E-state index in [1.54, 1.807) is 17.8 Å². The van der Waals surface area contributed by atoms with Crippen molar-refractivity contribution in [2.45, 2.75) is 31.3 Å². The predicted molar refractivity (Wildman–Crippen MR) is 63.4 cm³/mol. The molecule has 0 N–H and O–H groups in total. The van der Waals surface area contributed by atoms with Crippen LogP contribution < -0.4 is 0 Å². The topological polar surface area (TPSA) is 26.3 Å². The molecular weight excluding hydrogens is 208 g/mol. The number of esters is 1. The number of carbonyl (C=O) groups is 1. The summed E-state index contributed by atoms with van der Waals surface area (Å²) in [7, 11) is 0. The van der Waals surface area contributed by atoms with Crippen molar-refractivity contribution < 1.29 is 9.53 Å². The molecule has 0 aliphatic carbocycles. The van der Waals surface area contributed by atoms with Gasteiger partial charge in [-0.05, 0) is 31.7 Å². The second kappa shape index (κ2) is 5.81.